The summed E-state index contributed by atoms with van der Waals surface area (Å²) in [5.41, 5.74) is 0.749. The number of nitrogens with one attached hydrogen (secondary N) is 1. The van der Waals surface area contributed by atoms with Crippen molar-refractivity contribution in [3.63, 3.8) is 0 Å². The normalized spacial score (nSPS) is 12.9. The Balaban J connectivity index is 2.06. The maximum Gasteiger partial charge on any atom is 0.340 e. The molecule has 0 unspecified atom stereocenters. The number of carbonyl (C=O) groups excluding carboxylic acids is 2. The van der Waals surface area contributed by atoms with Crippen molar-refractivity contribution in [1.29, 1.82) is 0 Å². The third-order valence-corrected chi connectivity index (χ3v) is 5.00. The van der Waals surface area contributed by atoms with E-state index in [4.69, 9.17) is 16.3 Å². The number of halogens is 1. The molecule has 0 spiro atoms. The molecule has 0 heterocycles. The highest BCUT2D eigenvalue weighted by Gasteiger charge is 2.22. The van der Waals surface area contributed by atoms with E-state index in [2.05, 4.69) is 5.32 Å². The fourth-order valence-corrected chi connectivity index (χ4v) is 3.11. The second kappa shape index (κ2) is 8.78. The lowest BCUT2D eigenvalue weighted by atomic mass is 10.2. The fourth-order valence-electron chi connectivity index (χ4n) is 2.04. The van der Waals surface area contributed by atoms with E-state index < -0.39 is 28.8 Å². The SMILES string of the molecule is CC[S@@](=O)c1ccccc1C(=O)O[C@@H](C)C(=O)Nc1ccc(Cl)cc1. The monoisotopic (exact) mass is 379 g/mol. The molecule has 0 aliphatic heterocycles. The third kappa shape index (κ3) is 5.14. The van der Waals surface area contributed by atoms with Gasteiger partial charge in [0.1, 0.15) is 0 Å². The fraction of sp³-hybridized carbons (Fsp3) is 0.222. The standard InChI is InChI=1S/C18H18ClNO4S/c1-3-25(23)16-7-5-4-6-15(16)18(22)24-12(2)17(21)20-14-10-8-13(19)9-11-14/h4-12H,3H2,1-2H3,(H,20,21)/t12-,25+/m0/s1. The molecule has 0 aliphatic carbocycles. The van der Waals surface area contributed by atoms with Gasteiger partial charge in [0.15, 0.2) is 6.10 Å². The summed E-state index contributed by atoms with van der Waals surface area (Å²) in [5, 5.41) is 3.19. The number of hydrogen-bond acceptors (Lipinski definition) is 4. The van der Waals surface area contributed by atoms with Crippen LogP contribution in [-0.2, 0) is 20.3 Å². The minimum Gasteiger partial charge on any atom is -0.449 e. The van der Waals surface area contributed by atoms with E-state index in [1.165, 1.54) is 13.0 Å². The summed E-state index contributed by atoms with van der Waals surface area (Å²) in [5.74, 6) is -0.766. The van der Waals surface area contributed by atoms with Crippen molar-refractivity contribution in [3.8, 4) is 0 Å². The van der Waals surface area contributed by atoms with Gasteiger partial charge in [0.05, 0.1) is 21.3 Å². The Hall–Kier alpha value is -2.18. The maximum absolute atomic E-state index is 12.3. The zero-order chi connectivity index (χ0) is 18.4. The van der Waals surface area contributed by atoms with Gasteiger partial charge in [0.2, 0.25) is 0 Å². The van der Waals surface area contributed by atoms with Gasteiger partial charge in [-0.25, -0.2) is 4.79 Å². The van der Waals surface area contributed by atoms with Crippen LogP contribution in [0.15, 0.2) is 53.4 Å². The molecule has 0 saturated carbocycles. The van der Waals surface area contributed by atoms with Crippen molar-refractivity contribution in [2.24, 2.45) is 0 Å². The van der Waals surface area contributed by atoms with Crippen LogP contribution in [0.2, 0.25) is 5.02 Å². The van der Waals surface area contributed by atoms with Gasteiger partial charge < -0.3 is 10.1 Å². The summed E-state index contributed by atoms with van der Waals surface area (Å²) in [6.45, 7) is 3.24. The van der Waals surface area contributed by atoms with Crippen LogP contribution in [0.4, 0.5) is 5.69 Å². The molecular formula is C18H18ClNO4S. The minimum atomic E-state index is -1.30. The number of amides is 1. The van der Waals surface area contributed by atoms with E-state index in [-0.39, 0.29) is 5.56 Å². The number of esters is 1. The Bertz CT molecular complexity index is 792. The van der Waals surface area contributed by atoms with Gasteiger partial charge in [-0.2, -0.15) is 0 Å². The summed E-state index contributed by atoms with van der Waals surface area (Å²) in [7, 11) is -1.30. The lowest BCUT2D eigenvalue weighted by Crippen LogP contribution is -2.30. The summed E-state index contributed by atoms with van der Waals surface area (Å²) in [4.78, 5) is 24.9. The summed E-state index contributed by atoms with van der Waals surface area (Å²) >= 11 is 5.79. The first-order valence-corrected chi connectivity index (χ1v) is 9.37. The molecule has 0 aliphatic rings. The molecule has 5 nitrogen and oxygen atoms in total. The van der Waals surface area contributed by atoms with Crippen LogP contribution >= 0.6 is 11.6 Å². The number of benzene rings is 2. The Morgan fingerprint density at radius 1 is 1.16 bits per heavy atom. The average molecular weight is 380 g/mol. The minimum absolute atomic E-state index is 0.203. The highest BCUT2D eigenvalue weighted by molar-refractivity contribution is 7.85. The first-order chi connectivity index (χ1) is 11.9. The van der Waals surface area contributed by atoms with Crippen molar-refractivity contribution < 1.29 is 18.5 Å². The number of anilines is 1. The Morgan fingerprint density at radius 2 is 1.80 bits per heavy atom. The van der Waals surface area contributed by atoms with Crippen LogP contribution in [0, 0.1) is 0 Å². The predicted molar refractivity (Wildman–Crippen MR) is 98.4 cm³/mol. The van der Waals surface area contributed by atoms with Gasteiger partial charge in [0, 0.05) is 16.5 Å². The van der Waals surface area contributed by atoms with E-state index in [1.54, 1.807) is 49.4 Å². The lowest BCUT2D eigenvalue weighted by molar-refractivity contribution is -0.123. The Kier molecular flexibility index (Phi) is 6.73. The van der Waals surface area contributed by atoms with E-state index in [0.717, 1.165) is 0 Å². The third-order valence-electron chi connectivity index (χ3n) is 3.38. The molecule has 2 aromatic rings. The topological polar surface area (TPSA) is 72.5 Å². The van der Waals surface area contributed by atoms with Crippen LogP contribution in [0.5, 0.6) is 0 Å². The largest absolute Gasteiger partial charge is 0.449 e. The number of rotatable bonds is 6. The predicted octanol–water partition coefficient (Wildman–Crippen LogP) is 3.65. The molecule has 25 heavy (non-hydrogen) atoms. The smallest absolute Gasteiger partial charge is 0.340 e. The average Bonchev–Trinajstić information content (AvgIpc) is 2.62. The molecular weight excluding hydrogens is 362 g/mol. The molecule has 0 radical (unpaired) electrons. The van der Waals surface area contributed by atoms with E-state index in [0.29, 0.717) is 21.4 Å². The van der Waals surface area contributed by atoms with Crippen molar-refractivity contribution in [2.75, 3.05) is 11.1 Å². The number of carbonyl (C=O) groups is 2. The second-order valence-electron chi connectivity index (χ2n) is 5.17. The molecule has 0 aromatic heterocycles. The molecule has 1 amide bonds. The molecule has 0 bridgehead atoms. The van der Waals surface area contributed by atoms with E-state index >= 15 is 0 Å². The highest BCUT2D eigenvalue weighted by Crippen LogP contribution is 2.17. The van der Waals surface area contributed by atoms with E-state index in [9.17, 15) is 13.8 Å². The van der Waals surface area contributed by atoms with Crippen molar-refractivity contribution in [3.05, 3.63) is 59.1 Å². The quantitative estimate of drug-likeness (QED) is 0.777. The van der Waals surface area contributed by atoms with Gasteiger partial charge in [0.25, 0.3) is 5.91 Å². The molecule has 0 saturated heterocycles. The van der Waals surface area contributed by atoms with Crippen LogP contribution in [-0.4, -0.2) is 27.9 Å². The molecule has 0 fully saturated rings. The highest BCUT2D eigenvalue weighted by atomic mass is 35.5. The van der Waals surface area contributed by atoms with E-state index in [1.807, 2.05) is 0 Å². The van der Waals surface area contributed by atoms with Crippen LogP contribution in [0.25, 0.3) is 0 Å². The zero-order valence-electron chi connectivity index (χ0n) is 13.8. The van der Waals surface area contributed by atoms with Crippen molar-refractivity contribution in [1.82, 2.24) is 0 Å². The summed E-state index contributed by atoms with van der Waals surface area (Å²) in [6.07, 6.45) is -1.01. The number of hydrogen-bond donors (Lipinski definition) is 1. The van der Waals surface area contributed by atoms with Crippen molar-refractivity contribution >= 4 is 40.0 Å². The molecule has 7 heteroatoms. The molecule has 2 atom stereocenters. The van der Waals surface area contributed by atoms with Crippen LogP contribution < -0.4 is 5.32 Å². The van der Waals surface area contributed by atoms with Crippen LogP contribution in [0.1, 0.15) is 24.2 Å². The van der Waals surface area contributed by atoms with Gasteiger partial charge in [-0.15, -0.1) is 0 Å². The summed E-state index contributed by atoms with van der Waals surface area (Å²) < 4.78 is 17.3. The number of ether oxygens (including phenoxy) is 1. The van der Waals surface area contributed by atoms with Gasteiger partial charge >= 0.3 is 5.97 Å². The lowest BCUT2D eigenvalue weighted by Gasteiger charge is -2.15. The second-order valence-corrected chi connectivity index (χ2v) is 7.32. The molecule has 2 rings (SSSR count). The molecule has 2 aromatic carbocycles. The maximum atomic E-state index is 12.3. The van der Waals surface area contributed by atoms with Gasteiger partial charge in [-0.05, 0) is 43.3 Å². The molecule has 132 valence electrons. The molecule has 1 N–H and O–H groups in total. The Labute approximate surface area is 153 Å². The Morgan fingerprint density at radius 3 is 2.44 bits per heavy atom. The zero-order valence-corrected chi connectivity index (χ0v) is 15.4. The first-order valence-electron chi connectivity index (χ1n) is 7.67. The summed E-state index contributed by atoms with van der Waals surface area (Å²) in [6, 6.07) is 13.1. The first kappa shape index (κ1) is 19.1. The van der Waals surface area contributed by atoms with Crippen LogP contribution in [0.3, 0.4) is 0 Å². The van der Waals surface area contributed by atoms with Gasteiger partial charge in [-0.1, -0.05) is 30.7 Å². The van der Waals surface area contributed by atoms with Gasteiger partial charge in [-0.3, -0.25) is 9.00 Å². The van der Waals surface area contributed by atoms with Crippen molar-refractivity contribution in [2.45, 2.75) is 24.8 Å².